The number of rotatable bonds is 2. The van der Waals surface area contributed by atoms with Gasteiger partial charge in [-0.3, -0.25) is 9.69 Å². The molecule has 0 aromatic carbocycles. The molecule has 0 aliphatic carbocycles. The molecule has 1 atom stereocenters. The molecule has 1 aromatic rings. The molecule has 0 saturated carbocycles. The van der Waals surface area contributed by atoms with Crippen LogP contribution in [0.3, 0.4) is 0 Å². The van der Waals surface area contributed by atoms with Gasteiger partial charge in [-0.2, -0.15) is 0 Å². The van der Waals surface area contributed by atoms with Gasteiger partial charge in [0.25, 0.3) is 0 Å². The average Bonchev–Trinajstić information content (AvgIpc) is 2.83. The number of carbonyl (C=O) groups is 2. The van der Waals surface area contributed by atoms with Crippen LogP contribution in [0.15, 0.2) is 16.5 Å². The first kappa shape index (κ1) is 11.0. The standard InChI is InChI=1S/C10H10ClNO4/c1-15-10(14)7-2-3-9(16-7)12-5-6(11)4-8(12)13/h2-3,6H,4-5H2,1H3. The molecular formula is C10H10ClNO4. The highest BCUT2D eigenvalue weighted by molar-refractivity contribution is 6.24. The van der Waals surface area contributed by atoms with Crippen LogP contribution in [0.5, 0.6) is 0 Å². The van der Waals surface area contributed by atoms with Gasteiger partial charge in [0.15, 0.2) is 0 Å². The molecule has 1 amide bonds. The molecule has 0 spiro atoms. The number of nitrogens with zero attached hydrogens (tertiary/aromatic N) is 1. The largest absolute Gasteiger partial charge is 0.463 e. The van der Waals surface area contributed by atoms with Gasteiger partial charge in [0.05, 0.1) is 12.5 Å². The Morgan fingerprint density at radius 3 is 2.94 bits per heavy atom. The van der Waals surface area contributed by atoms with E-state index in [0.29, 0.717) is 12.4 Å². The highest BCUT2D eigenvalue weighted by Crippen LogP contribution is 2.26. The van der Waals surface area contributed by atoms with Crippen LogP contribution >= 0.6 is 11.6 Å². The summed E-state index contributed by atoms with van der Waals surface area (Å²) in [6, 6.07) is 3.02. The van der Waals surface area contributed by atoms with Crippen molar-refractivity contribution < 1.29 is 18.7 Å². The Morgan fingerprint density at radius 2 is 2.38 bits per heavy atom. The zero-order valence-corrected chi connectivity index (χ0v) is 9.36. The zero-order valence-electron chi connectivity index (χ0n) is 8.60. The lowest BCUT2D eigenvalue weighted by Crippen LogP contribution is -2.23. The Labute approximate surface area is 96.9 Å². The van der Waals surface area contributed by atoms with E-state index in [4.69, 9.17) is 16.0 Å². The van der Waals surface area contributed by atoms with Gasteiger partial charge in [-0.05, 0) is 6.07 Å². The second kappa shape index (κ2) is 4.17. The third kappa shape index (κ3) is 1.90. The third-order valence-electron chi connectivity index (χ3n) is 2.32. The number of anilines is 1. The summed E-state index contributed by atoms with van der Waals surface area (Å²) >= 11 is 5.85. The van der Waals surface area contributed by atoms with Crippen molar-refractivity contribution in [2.75, 3.05) is 18.6 Å². The topological polar surface area (TPSA) is 59.8 Å². The number of hydrogen-bond donors (Lipinski definition) is 0. The maximum Gasteiger partial charge on any atom is 0.374 e. The Morgan fingerprint density at radius 1 is 1.62 bits per heavy atom. The molecule has 1 fully saturated rings. The van der Waals surface area contributed by atoms with Gasteiger partial charge in [-0.15, -0.1) is 11.6 Å². The number of hydrogen-bond acceptors (Lipinski definition) is 4. The minimum Gasteiger partial charge on any atom is -0.463 e. The Bertz CT molecular complexity index is 428. The van der Waals surface area contributed by atoms with Gasteiger partial charge in [-0.1, -0.05) is 0 Å². The predicted octanol–water partition coefficient (Wildman–Crippen LogP) is 1.41. The fraction of sp³-hybridized carbons (Fsp3) is 0.400. The van der Waals surface area contributed by atoms with Crippen LogP contribution < -0.4 is 4.90 Å². The first-order valence-corrected chi connectivity index (χ1v) is 5.18. The van der Waals surface area contributed by atoms with Crippen molar-refractivity contribution in [3.8, 4) is 0 Å². The molecule has 1 aromatic heterocycles. The van der Waals surface area contributed by atoms with E-state index in [2.05, 4.69) is 4.74 Å². The molecule has 86 valence electrons. The lowest BCUT2D eigenvalue weighted by atomic mass is 10.4. The number of halogens is 1. The van der Waals surface area contributed by atoms with Gasteiger partial charge in [0.1, 0.15) is 0 Å². The lowest BCUT2D eigenvalue weighted by molar-refractivity contribution is -0.117. The van der Waals surface area contributed by atoms with Crippen molar-refractivity contribution >= 4 is 29.4 Å². The number of methoxy groups -OCH3 is 1. The smallest absolute Gasteiger partial charge is 0.374 e. The molecule has 0 radical (unpaired) electrons. The first-order chi connectivity index (χ1) is 7.61. The van der Waals surface area contributed by atoms with E-state index in [1.54, 1.807) is 6.07 Å². The minimum atomic E-state index is -0.569. The highest BCUT2D eigenvalue weighted by Gasteiger charge is 2.31. The molecule has 1 unspecified atom stereocenters. The molecule has 2 heterocycles. The number of furan rings is 1. The van der Waals surface area contributed by atoms with Crippen LogP contribution in [0.1, 0.15) is 17.0 Å². The maximum atomic E-state index is 11.5. The number of alkyl halides is 1. The van der Waals surface area contributed by atoms with E-state index in [9.17, 15) is 9.59 Å². The predicted molar refractivity (Wildman–Crippen MR) is 56.7 cm³/mol. The van der Waals surface area contributed by atoms with Crippen LogP contribution in [-0.4, -0.2) is 30.9 Å². The second-order valence-corrected chi connectivity index (χ2v) is 4.05. The monoisotopic (exact) mass is 243 g/mol. The lowest BCUT2D eigenvalue weighted by Gasteiger charge is -2.11. The molecule has 1 saturated heterocycles. The molecular weight excluding hydrogens is 234 g/mol. The summed E-state index contributed by atoms with van der Waals surface area (Å²) < 4.78 is 9.71. The maximum absolute atomic E-state index is 11.5. The SMILES string of the molecule is COC(=O)c1ccc(N2CC(Cl)CC2=O)o1. The van der Waals surface area contributed by atoms with Crippen LogP contribution in [0.4, 0.5) is 5.88 Å². The third-order valence-corrected chi connectivity index (χ3v) is 2.61. The minimum absolute atomic E-state index is 0.0725. The van der Waals surface area contributed by atoms with Crippen LogP contribution in [0.25, 0.3) is 0 Å². The number of amides is 1. The Kier molecular flexibility index (Phi) is 2.87. The Hall–Kier alpha value is -1.49. The van der Waals surface area contributed by atoms with E-state index < -0.39 is 5.97 Å². The van der Waals surface area contributed by atoms with E-state index >= 15 is 0 Å². The van der Waals surface area contributed by atoms with Gasteiger partial charge < -0.3 is 9.15 Å². The van der Waals surface area contributed by atoms with Gasteiger partial charge in [0.2, 0.25) is 17.6 Å². The quantitative estimate of drug-likeness (QED) is 0.582. The molecule has 6 heteroatoms. The van der Waals surface area contributed by atoms with Crippen molar-refractivity contribution in [1.29, 1.82) is 0 Å². The van der Waals surface area contributed by atoms with Gasteiger partial charge in [0, 0.05) is 19.0 Å². The van der Waals surface area contributed by atoms with E-state index in [0.717, 1.165) is 0 Å². The summed E-state index contributed by atoms with van der Waals surface area (Å²) in [5.41, 5.74) is 0. The second-order valence-electron chi connectivity index (χ2n) is 3.44. The molecule has 0 N–H and O–H groups in total. The number of ether oxygens (including phenoxy) is 1. The van der Waals surface area contributed by atoms with Crippen molar-refractivity contribution in [2.45, 2.75) is 11.8 Å². The molecule has 16 heavy (non-hydrogen) atoms. The molecule has 2 rings (SSSR count). The van der Waals surface area contributed by atoms with Crippen LogP contribution in [-0.2, 0) is 9.53 Å². The summed E-state index contributed by atoms with van der Waals surface area (Å²) in [7, 11) is 1.26. The van der Waals surface area contributed by atoms with Crippen LogP contribution in [0.2, 0.25) is 0 Å². The van der Waals surface area contributed by atoms with E-state index in [1.165, 1.54) is 18.1 Å². The highest BCUT2D eigenvalue weighted by atomic mass is 35.5. The molecule has 1 aliphatic heterocycles. The normalized spacial score (nSPS) is 20.2. The first-order valence-electron chi connectivity index (χ1n) is 4.74. The molecule has 5 nitrogen and oxygen atoms in total. The van der Waals surface area contributed by atoms with Gasteiger partial charge >= 0.3 is 5.97 Å². The Balaban J connectivity index is 2.19. The van der Waals surface area contributed by atoms with E-state index in [1.807, 2.05) is 0 Å². The summed E-state index contributed by atoms with van der Waals surface area (Å²) in [5, 5.41) is -0.209. The molecule has 0 bridgehead atoms. The van der Waals surface area contributed by atoms with Gasteiger partial charge in [-0.25, -0.2) is 4.79 Å². The zero-order chi connectivity index (χ0) is 11.7. The van der Waals surface area contributed by atoms with Crippen molar-refractivity contribution in [3.63, 3.8) is 0 Å². The van der Waals surface area contributed by atoms with Crippen molar-refractivity contribution in [1.82, 2.24) is 0 Å². The summed E-state index contributed by atoms with van der Waals surface area (Å²) in [6.45, 7) is 0.397. The average molecular weight is 244 g/mol. The number of carbonyl (C=O) groups excluding carboxylic acids is 2. The summed E-state index contributed by atoms with van der Waals surface area (Å²) in [4.78, 5) is 24.1. The molecule has 1 aliphatic rings. The fourth-order valence-corrected chi connectivity index (χ4v) is 1.83. The van der Waals surface area contributed by atoms with E-state index in [-0.39, 0.29) is 23.5 Å². The fourth-order valence-electron chi connectivity index (χ4n) is 1.56. The van der Waals surface area contributed by atoms with Crippen molar-refractivity contribution in [2.24, 2.45) is 0 Å². The summed E-state index contributed by atoms with van der Waals surface area (Å²) in [5.74, 6) is -0.275. The number of esters is 1. The van der Waals surface area contributed by atoms with Crippen LogP contribution in [0, 0.1) is 0 Å². The summed E-state index contributed by atoms with van der Waals surface area (Å²) in [6.07, 6.45) is 0.288. The van der Waals surface area contributed by atoms with Crippen molar-refractivity contribution in [3.05, 3.63) is 17.9 Å².